The molecule has 0 saturated heterocycles. The SMILES string of the molecule is C=CN=C(I)CN(c1ccc2ncc(-c3cnn(C)c3)cc2n1)c1c(F)c(OC)cc(OC)c1F. The van der Waals surface area contributed by atoms with Gasteiger partial charge in [0.1, 0.15) is 11.5 Å². The largest absolute Gasteiger partial charge is 0.493 e. The highest BCUT2D eigenvalue weighted by Gasteiger charge is 2.27. The van der Waals surface area contributed by atoms with E-state index in [1.54, 1.807) is 29.2 Å². The van der Waals surface area contributed by atoms with E-state index in [4.69, 9.17) is 9.47 Å². The van der Waals surface area contributed by atoms with Crippen molar-refractivity contribution in [3.8, 4) is 22.6 Å². The molecule has 0 unspecified atom stereocenters. The maximum atomic E-state index is 15.4. The van der Waals surface area contributed by atoms with Crippen LogP contribution in [-0.2, 0) is 7.05 Å². The summed E-state index contributed by atoms with van der Waals surface area (Å²) in [7, 11) is 4.42. The molecule has 0 bridgehead atoms. The summed E-state index contributed by atoms with van der Waals surface area (Å²) < 4.78 is 43.4. The molecule has 0 aliphatic carbocycles. The summed E-state index contributed by atoms with van der Waals surface area (Å²) in [6.45, 7) is 3.61. The fraction of sp³-hybridized carbons (Fsp3) is 0.167. The number of benzene rings is 1. The van der Waals surface area contributed by atoms with Gasteiger partial charge in [0.15, 0.2) is 23.1 Å². The molecule has 0 amide bonds. The van der Waals surface area contributed by atoms with Crippen molar-refractivity contribution in [2.75, 3.05) is 25.7 Å². The molecule has 1 aromatic carbocycles. The van der Waals surface area contributed by atoms with Crippen molar-refractivity contribution in [2.24, 2.45) is 12.0 Å². The minimum atomic E-state index is -0.891. The molecule has 0 fully saturated rings. The average Bonchev–Trinajstić information content (AvgIpc) is 3.29. The third kappa shape index (κ3) is 4.94. The van der Waals surface area contributed by atoms with Crippen molar-refractivity contribution in [2.45, 2.75) is 0 Å². The molecule has 4 aromatic rings. The molecule has 4 rings (SSSR count). The lowest BCUT2D eigenvalue weighted by atomic mass is 10.1. The van der Waals surface area contributed by atoms with E-state index in [1.807, 2.05) is 41.9 Å². The normalized spacial score (nSPS) is 11.5. The molecule has 0 saturated carbocycles. The highest BCUT2D eigenvalue weighted by Crippen LogP contribution is 2.40. The minimum Gasteiger partial charge on any atom is -0.493 e. The molecule has 8 nitrogen and oxygen atoms in total. The van der Waals surface area contributed by atoms with Crippen molar-refractivity contribution in [1.29, 1.82) is 0 Å². The first-order valence-corrected chi connectivity index (χ1v) is 11.4. The molecule has 0 spiro atoms. The Morgan fingerprint density at radius 1 is 1.11 bits per heavy atom. The van der Waals surface area contributed by atoms with E-state index in [1.165, 1.54) is 25.3 Å². The first kappa shape index (κ1) is 24.5. The lowest BCUT2D eigenvalue weighted by Crippen LogP contribution is -2.26. The smallest absolute Gasteiger partial charge is 0.191 e. The van der Waals surface area contributed by atoms with Crippen LogP contribution in [0, 0.1) is 11.6 Å². The van der Waals surface area contributed by atoms with Crippen LogP contribution in [0.4, 0.5) is 20.3 Å². The first-order chi connectivity index (χ1) is 16.9. The number of anilines is 2. The number of fused-ring (bicyclic) bond motifs is 1. The maximum absolute atomic E-state index is 15.4. The molecule has 0 aliphatic rings. The van der Waals surface area contributed by atoms with E-state index < -0.39 is 11.6 Å². The van der Waals surface area contributed by atoms with E-state index in [9.17, 15) is 0 Å². The molecular weight excluding hydrogens is 569 g/mol. The van der Waals surface area contributed by atoms with Gasteiger partial charge in [0.25, 0.3) is 0 Å². The number of aryl methyl sites for hydroxylation is 1. The highest BCUT2D eigenvalue weighted by atomic mass is 127. The van der Waals surface area contributed by atoms with Gasteiger partial charge < -0.3 is 14.4 Å². The molecule has 180 valence electrons. The topological polar surface area (TPSA) is 77.7 Å². The Morgan fingerprint density at radius 3 is 2.43 bits per heavy atom. The third-order valence-corrected chi connectivity index (χ3v) is 5.80. The van der Waals surface area contributed by atoms with Crippen LogP contribution in [0.3, 0.4) is 0 Å². The van der Waals surface area contributed by atoms with Crippen molar-refractivity contribution >= 4 is 48.8 Å². The molecule has 0 N–H and O–H groups in total. The summed E-state index contributed by atoms with van der Waals surface area (Å²) in [5, 5.41) is 4.19. The van der Waals surface area contributed by atoms with Crippen LogP contribution in [0.25, 0.3) is 22.2 Å². The average molecular weight is 590 g/mol. The van der Waals surface area contributed by atoms with Gasteiger partial charge in [0.2, 0.25) is 0 Å². The van der Waals surface area contributed by atoms with E-state index in [-0.39, 0.29) is 29.5 Å². The summed E-state index contributed by atoms with van der Waals surface area (Å²) in [6, 6.07) is 6.39. The van der Waals surface area contributed by atoms with Gasteiger partial charge >= 0.3 is 0 Å². The number of methoxy groups -OCH3 is 2. The summed E-state index contributed by atoms with van der Waals surface area (Å²) in [4.78, 5) is 14.7. The molecule has 0 atom stereocenters. The lowest BCUT2D eigenvalue weighted by molar-refractivity contribution is 0.359. The predicted octanol–water partition coefficient (Wildman–Crippen LogP) is 5.44. The Morgan fingerprint density at radius 2 is 1.83 bits per heavy atom. The summed E-state index contributed by atoms with van der Waals surface area (Å²) >= 11 is 1.98. The van der Waals surface area contributed by atoms with E-state index in [0.29, 0.717) is 14.8 Å². The Hall–Kier alpha value is -3.61. The lowest BCUT2D eigenvalue weighted by Gasteiger charge is -2.26. The van der Waals surface area contributed by atoms with E-state index >= 15 is 8.78 Å². The zero-order valence-corrected chi connectivity index (χ0v) is 21.3. The molecule has 35 heavy (non-hydrogen) atoms. The summed E-state index contributed by atoms with van der Waals surface area (Å²) in [5.74, 6) is -1.83. The van der Waals surface area contributed by atoms with Gasteiger partial charge in [0, 0.05) is 42.8 Å². The van der Waals surface area contributed by atoms with E-state index in [2.05, 4.69) is 26.6 Å². The second-order valence-electron chi connectivity index (χ2n) is 7.37. The number of aromatic nitrogens is 4. The molecule has 0 aliphatic heterocycles. The van der Waals surface area contributed by atoms with Gasteiger partial charge in [-0.1, -0.05) is 6.58 Å². The highest BCUT2D eigenvalue weighted by molar-refractivity contribution is 14.1. The van der Waals surface area contributed by atoms with Crippen LogP contribution >= 0.6 is 22.6 Å². The van der Waals surface area contributed by atoms with Crippen LogP contribution in [0.5, 0.6) is 11.5 Å². The second-order valence-corrected chi connectivity index (χ2v) is 8.61. The van der Waals surface area contributed by atoms with Gasteiger partial charge in [-0.2, -0.15) is 5.10 Å². The minimum absolute atomic E-state index is 0.0188. The van der Waals surface area contributed by atoms with Crippen LogP contribution in [0.2, 0.25) is 0 Å². The Labute approximate surface area is 214 Å². The summed E-state index contributed by atoms with van der Waals surface area (Å²) in [6.07, 6.45) is 6.67. The Balaban J connectivity index is 1.91. The predicted molar refractivity (Wildman–Crippen MR) is 140 cm³/mol. The number of hydrogen-bond donors (Lipinski definition) is 0. The number of aliphatic imine (C=N–C) groups is 1. The van der Waals surface area contributed by atoms with Crippen molar-refractivity contribution in [3.63, 3.8) is 0 Å². The first-order valence-electron chi connectivity index (χ1n) is 10.3. The van der Waals surface area contributed by atoms with Gasteiger partial charge in [0.05, 0.1) is 41.7 Å². The molecule has 11 heteroatoms. The Kier molecular flexibility index (Phi) is 7.24. The van der Waals surface area contributed by atoms with Gasteiger partial charge in [-0.3, -0.25) is 14.7 Å². The van der Waals surface area contributed by atoms with Gasteiger partial charge in [-0.15, -0.1) is 0 Å². The Bertz CT molecular complexity index is 1410. The van der Waals surface area contributed by atoms with Crippen LogP contribution in [-0.4, -0.2) is 44.2 Å². The van der Waals surface area contributed by atoms with Crippen molar-refractivity contribution in [3.05, 3.63) is 67.3 Å². The molecule has 3 aromatic heterocycles. The van der Waals surface area contributed by atoms with Gasteiger partial charge in [-0.25, -0.2) is 13.8 Å². The number of halogens is 3. The number of rotatable bonds is 8. The maximum Gasteiger partial charge on any atom is 0.191 e. The fourth-order valence-corrected chi connectivity index (χ4v) is 4.07. The standard InChI is InChI=1S/C24H21F2IN6O2/c1-5-28-20(27)13-33(24-22(25)18(34-3)9-19(35-4)23(24)26)21-7-6-16-17(31-21)8-14(10-29-16)15-11-30-32(2)12-15/h5-12H,1,13H2,2-4H3. The molecule has 3 heterocycles. The molecule has 0 radical (unpaired) electrons. The zero-order valence-electron chi connectivity index (χ0n) is 19.2. The molecular formula is C24H21F2IN6O2. The second kappa shape index (κ2) is 10.3. The van der Waals surface area contributed by atoms with Gasteiger partial charge in [-0.05, 0) is 40.8 Å². The van der Waals surface area contributed by atoms with Crippen LogP contribution in [0.15, 0.2) is 60.6 Å². The fourth-order valence-electron chi connectivity index (χ4n) is 3.53. The number of ether oxygens (including phenoxy) is 2. The van der Waals surface area contributed by atoms with Crippen molar-refractivity contribution < 1.29 is 18.3 Å². The van der Waals surface area contributed by atoms with Crippen LogP contribution in [0.1, 0.15) is 0 Å². The monoisotopic (exact) mass is 590 g/mol. The number of pyridine rings is 2. The third-order valence-electron chi connectivity index (χ3n) is 5.18. The summed E-state index contributed by atoms with van der Waals surface area (Å²) in [5.41, 5.74) is 2.47. The van der Waals surface area contributed by atoms with Crippen molar-refractivity contribution in [1.82, 2.24) is 19.7 Å². The van der Waals surface area contributed by atoms with E-state index in [0.717, 1.165) is 17.2 Å². The quantitative estimate of drug-likeness (QED) is 0.201. The zero-order chi connectivity index (χ0) is 25.1. The van der Waals surface area contributed by atoms with Crippen LogP contribution < -0.4 is 14.4 Å². The number of nitrogens with zero attached hydrogens (tertiary/aromatic N) is 6. The number of hydrogen-bond acceptors (Lipinski definition) is 7.